The number of ether oxygens (including phenoxy) is 1. The van der Waals surface area contributed by atoms with E-state index in [0.29, 0.717) is 5.06 Å². The molecule has 2 rings (SSSR count). The molecule has 1 N–H and O–H groups in total. The highest BCUT2D eigenvalue weighted by molar-refractivity contribution is 5.68. The van der Waals surface area contributed by atoms with Crippen molar-refractivity contribution in [1.29, 1.82) is 0 Å². The summed E-state index contributed by atoms with van der Waals surface area (Å²) in [6.45, 7) is 0. The third-order valence-electron chi connectivity index (χ3n) is 2.79. The molecule has 1 amide bonds. The number of carbonyl (C=O) groups is 1. The number of amides is 1. The van der Waals surface area contributed by atoms with E-state index in [1.807, 2.05) is 0 Å². The first-order valence-corrected chi connectivity index (χ1v) is 5.51. The molecule has 0 aromatic carbocycles. The molecule has 5 heteroatoms. The number of nitrogens with zero attached hydrogens (tertiary/aromatic N) is 1. The zero-order chi connectivity index (χ0) is 11.4. The van der Waals surface area contributed by atoms with E-state index in [0.717, 1.165) is 32.1 Å². The predicted molar refractivity (Wildman–Crippen MR) is 55.2 cm³/mol. The van der Waals surface area contributed by atoms with Crippen LogP contribution in [0.3, 0.4) is 0 Å². The number of carbonyl (C=O) groups excluding carboxylic acids is 1. The van der Waals surface area contributed by atoms with Crippen molar-refractivity contribution in [2.45, 2.75) is 38.1 Å². The van der Waals surface area contributed by atoms with Gasteiger partial charge in [0, 0.05) is 6.07 Å². The maximum absolute atomic E-state index is 11.5. The van der Waals surface area contributed by atoms with Crippen LogP contribution >= 0.6 is 0 Å². The molecule has 1 fully saturated rings. The lowest BCUT2D eigenvalue weighted by atomic mass is 9.95. The summed E-state index contributed by atoms with van der Waals surface area (Å²) >= 11 is 0. The molecule has 1 aliphatic carbocycles. The Kier molecular flexibility index (Phi) is 3.46. The summed E-state index contributed by atoms with van der Waals surface area (Å²) in [5.41, 5.74) is 0. The lowest BCUT2D eigenvalue weighted by Gasteiger charge is -2.27. The second-order valence-corrected chi connectivity index (χ2v) is 3.94. The third-order valence-corrected chi connectivity index (χ3v) is 2.79. The van der Waals surface area contributed by atoms with Gasteiger partial charge in [-0.05, 0) is 18.9 Å². The van der Waals surface area contributed by atoms with Crippen molar-refractivity contribution in [2.75, 3.05) is 0 Å². The minimum atomic E-state index is -0.776. The molecule has 0 atom stereocenters. The normalized spacial score (nSPS) is 17.1. The fourth-order valence-corrected chi connectivity index (χ4v) is 1.93. The Bertz CT molecular complexity index is 330. The van der Waals surface area contributed by atoms with E-state index in [9.17, 15) is 10.0 Å². The van der Waals surface area contributed by atoms with Crippen LogP contribution in [0, 0.1) is 0 Å². The minimum absolute atomic E-state index is 0.0971. The molecule has 16 heavy (non-hydrogen) atoms. The largest absolute Gasteiger partial charge is 0.441 e. The molecule has 0 unspecified atom stereocenters. The van der Waals surface area contributed by atoms with E-state index in [2.05, 4.69) is 0 Å². The van der Waals surface area contributed by atoms with Gasteiger partial charge in [0.1, 0.15) is 0 Å². The van der Waals surface area contributed by atoms with Crippen molar-refractivity contribution in [3.05, 3.63) is 18.4 Å². The summed E-state index contributed by atoms with van der Waals surface area (Å²) < 4.78 is 9.70. The van der Waals surface area contributed by atoms with Crippen LogP contribution in [0.2, 0.25) is 0 Å². The lowest BCUT2D eigenvalue weighted by Crippen LogP contribution is -2.40. The quantitative estimate of drug-likeness (QED) is 0.621. The van der Waals surface area contributed by atoms with Gasteiger partial charge in [0.25, 0.3) is 5.95 Å². The Morgan fingerprint density at radius 2 is 2.19 bits per heavy atom. The first-order valence-electron chi connectivity index (χ1n) is 5.51. The molecule has 1 aromatic rings. The number of furan rings is 1. The van der Waals surface area contributed by atoms with Crippen LogP contribution in [0.4, 0.5) is 4.79 Å². The highest BCUT2D eigenvalue weighted by Gasteiger charge is 2.26. The van der Waals surface area contributed by atoms with Crippen molar-refractivity contribution in [3.8, 4) is 5.95 Å². The van der Waals surface area contributed by atoms with Crippen LogP contribution in [-0.2, 0) is 0 Å². The molecular formula is C11H15NO4. The SMILES string of the molecule is O=C(Oc1ccco1)N(O)C1CCCCC1. The lowest BCUT2D eigenvalue weighted by molar-refractivity contribution is -0.103. The van der Waals surface area contributed by atoms with E-state index in [1.54, 1.807) is 6.07 Å². The summed E-state index contributed by atoms with van der Waals surface area (Å²) in [6.07, 6.45) is 5.52. The van der Waals surface area contributed by atoms with E-state index >= 15 is 0 Å². The maximum Gasteiger partial charge on any atom is 0.441 e. The fourth-order valence-electron chi connectivity index (χ4n) is 1.93. The average molecular weight is 225 g/mol. The maximum atomic E-state index is 11.5. The predicted octanol–water partition coefficient (Wildman–Crippen LogP) is 2.80. The van der Waals surface area contributed by atoms with Crippen molar-refractivity contribution < 1.29 is 19.2 Å². The van der Waals surface area contributed by atoms with Crippen LogP contribution in [0.15, 0.2) is 22.8 Å². The smallest absolute Gasteiger partial charge is 0.434 e. The molecule has 1 aliphatic rings. The van der Waals surface area contributed by atoms with Gasteiger partial charge in [-0.3, -0.25) is 5.21 Å². The van der Waals surface area contributed by atoms with Gasteiger partial charge in [-0.15, -0.1) is 0 Å². The van der Waals surface area contributed by atoms with Gasteiger partial charge < -0.3 is 9.15 Å². The molecule has 0 saturated heterocycles. The Hall–Kier alpha value is -1.49. The topological polar surface area (TPSA) is 62.9 Å². The van der Waals surface area contributed by atoms with Gasteiger partial charge in [0.2, 0.25) is 0 Å². The van der Waals surface area contributed by atoms with Gasteiger partial charge in [0.15, 0.2) is 0 Å². The zero-order valence-electron chi connectivity index (χ0n) is 8.96. The third kappa shape index (κ3) is 2.55. The van der Waals surface area contributed by atoms with Crippen LogP contribution < -0.4 is 4.74 Å². The van der Waals surface area contributed by atoms with E-state index in [-0.39, 0.29) is 12.0 Å². The number of hydrogen-bond acceptors (Lipinski definition) is 4. The average Bonchev–Trinajstić information content (AvgIpc) is 2.82. The molecule has 0 bridgehead atoms. The van der Waals surface area contributed by atoms with Gasteiger partial charge in [0.05, 0.1) is 12.3 Å². The van der Waals surface area contributed by atoms with E-state index in [1.165, 1.54) is 12.3 Å². The van der Waals surface area contributed by atoms with Gasteiger partial charge >= 0.3 is 6.09 Å². The highest BCUT2D eigenvalue weighted by atomic mass is 16.7. The number of rotatable bonds is 2. The Morgan fingerprint density at radius 1 is 1.44 bits per heavy atom. The molecule has 1 heterocycles. The standard InChI is InChI=1S/C11H15NO4/c13-11(16-10-7-4-8-15-10)12(14)9-5-2-1-3-6-9/h4,7-9,14H,1-3,5-6H2. The van der Waals surface area contributed by atoms with Crippen LogP contribution in [-0.4, -0.2) is 22.4 Å². The monoisotopic (exact) mass is 225 g/mol. The second-order valence-electron chi connectivity index (χ2n) is 3.94. The summed E-state index contributed by atoms with van der Waals surface area (Å²) in [7, 11) is 0. The summed E-state index contributed by atoms with van der Waals surface area (Å²) in [5.74, 6) is 0.0971. The highest BCUT2D eigenvalue weighted by Crippen LogP contribution is 2.22. The van der Waals surface area contributed by atoms with Crippen LogP contribution in [0.1, 0.15) is 32.1 Å². The molecule has 0 radical (unpaired) electrons. The number of hydroxylamine groups is 2. The van der Waals surface area contributed by atoms with Crippen molar-refractivity contribution in [1.82, 2.24) is 5.06 Å². The van der Waals surface area contributed by atoms with Gasteiger partial charge in [-0.2, -0.15) is 5.06 Å². The van der Waals surface area contributed by atoms with E-state index in [4.69, 9.17) is 9.15 Å². The number of hydrogen-bond donors (Lipinski definition) is 1. The minimum Gasteiger partial charge on any atom is -0.434 e. The molecule has 5 nitrogen and oxygen atoms in total. The molecular weight excluding hydrogens is 210 g/mol. The molecule has 0 spiro atoms. The second kappa shape index (κ2) is 5.03. The molecule has 1 saturated carbocycles. The van der Waals surface area contributed by atoms with Gasteiger partial charge in [-0.25, -0.2) is 4.79 Å². The van der Waals surface area contributed by atoms with Crippen molar-refractivity contribution >= 4 is 6.09 Å². The van der Waals surface area contributed by atoms with Crippen molar-refractivity contribution in [3.63, 3.8) is 0 Å². The van der Waals surface area contributed by atoms with Crippen molar-refractivity contribution in [2.24, 2.45) is 0 Å². The summed E-state index contributed by atoms with van der Waals surface area (Å²) in [5, 5.41) is 10.3. The van der Waals surface area contributed by atoms with Crippen LogP contribution in [0.25, 0.3) is 0 Å². The fraction of sp³-hybridized carbons (Fsp3) is 0.545. The molecule has 0 aliphatic heterocycles. The Morgan fingerprint density at radius 3 is 2.81 bits per heavy atom. The molecule has 1 aromatic heterocycles. The first kappa shape index (κ1) is 11.0. The summed E-state index contributed by atoms with van der Waals surface area (Å²) in [4.78, 5) is 11.5. The Labute approximate surface area is 93.6 Å². The summed E-state index contributed by atoms with van der Waals surface area (Å²) in [6, 6.07) is 3.01. The molecule has 88 valence electrons. The van der Waals surface area contributed by atoms with Crippen LogP contribution in [0.5, 0.6) is 5.95 Å². The first-order chi connectivity index (χ1) is 7.77. The van der Waals surface area contributed by atoms with Gasteiger partial charge in [-0.1, -0.05) is 19.3 Å². The zero-order valence-corrected chi connectivity index (χ0v) is 8.96. The Balaban J connectivity index is 1.88. The van der Waals surface area contributed by atoms with E-state index < -0.39 is 6.09 Å².